The molecule has 3 aromatic rings. The number of methoxy groups -OCH3 is 1. The molecule has 0 unspecified atom stereocenters. The normalized spacial score (nSPS) is 10.5. The predicted octanol–water partition coefficient (Wildman–Crippen LogP) is 2.36. The number of nitrogens with zero attached hydrogens (tertiary/aromatic N) is 3. The smallest absolute Gasteiger partial charge is 0.350 e. The second-order valence-electron chi connectivity index (χ2n) is 4.24. The van der Waals surface area contributed by atoms with E-state index in [-0.39, 0.29) is 5.97 Å². The van der Waals surface area contributed by atoms with Crippen molar-refractivity contribution >= 4 is 23.0 Å². The van der Waals surface area contributed by atoms with Gasteiger partial charge in [0.25, 0.3) is 0 Å². The molecule has 3 heterocycles. The molecule has 0 fully saturated rings. The number of rotatable bonds is 3. The maximum absolute atomic E-state index is 11.8. The largest absolute Gasteiger partial charge is 0.465 e. The zero-order chi connectivity index (χ0) is 14.8. The molecule has 3 aromatic heterocycles. The van der Waals surface area contributed by atoms with Gasteiger partial charge in [-0.3, -0.25) is 9.55 Å². The van der Waals surface area contributed by atoms with Gasteiger partial charge in [-0.1, -0.05) is 0 Å². The Morgan fingerprint density at radius 2 is 2.19 bits per heavy atom. The number of hydrogen-bond donors (Lipinski definition) is 1. The fraction of sp³-hybridized carbons (Fsp3) is 0.0714. The SMILES string of the molecule is COC(=O)c1sccc1-n1cncc1-c1cnccc1N. The standard InChI is InChI=1S/C14H12N4O2S/c1-20-14(19)13-11(3-5-21-13)18-8-17-7-12(18)9-6-16-4-2-10(9)15/h2-8H,1H3,(H2,15,16). The lowest BCUT2D eigenvalue weighted by Crippen LogP contribution is -2.05. The Labute approximate surface area is 124 Å². The van der Waals surface area contributed by atoms with Gasteiger partial charge in [0.1, 0.15) is 4.88 Å². The first-order valence-corrected chi connectivity index (χ1v) is 6.98. The summed E-state index contributed by atoms with van der Waals surface area (Å²) in [4.78, 5) is 20.6. The van der Waals surface area contributed by atoms with Crippen LogP contribution in [0.15, 0.2) is 42.4 Å². The molecule has 0 saturated heterocycles. The Balaban J connectivity index is 2.15. The van der Waals surface area contributed by atoms with E-state index in [1.165, 1.54) is 18.4 Å². The highest BCUT2D eigenvalue weighted by Gasteiger charge is 2.18. The van der Waals surface area contributed by atoms with Crippen molar-refractivity contribution in [3.8, 4) is 16.9 Å². The fourth-order valence-electron chi connectivity index (χ4n) is 2.04. The van der Waals surface area contributed by atoms with Gasteiger partial charge in [-0.15, -0.1) is 11.3 Å². The lowest BCUT2D eigenvalue weighted by Gasteiger charge is -2.09. The maximum Gasteiger partial charge on any atom is 0.350 e. The highest BCUT2D eigenvalue weighted by Crippen LogP contribution is 2.30. The van der Waals surface area contributed by atoms with E-state index >= 15 is 0 Å². The third-order valence-corrected chi connectivity index (χ3v) is 3.93. The van der Waals surface area contributed by atoms with Gasteiger partial charge < -0.3 is 10.5 Å². The molecular weight excluding hydrogens is 288 g/mol. The van der Waals surface area contributed by atoms with E-state index in [9.17, 15) is 4.79 Å². The number of hydrogen-bond acceptors (Lipinski definition) is 6. The third kappa shape index (κ3) is 2.27. The summed E-state index contributed by atoms with van der Waals surface area (Å²) in [6.07, 6.45) is 6.62. The van der Waals surface area contributed by atoms with Gasteiger partial charge in [0.2, 0.25) is 0 Å². The van der Waals surface area contributed by atoms with Crippen LogP contribution in [0.25, 0.3) is 16.9 Å². The van der Waals surface area contributed by atoms with Crippen LogP contribution >= 0.6 is 11.3 Å². The third-order valence-electron chi connectivity index (χ3n) is 3.04. The Morgan fingerprint density at radius 3 is 2.95 bits per heavy atom. The van der Waals surface area contributed by atoms with Crippen LogP contribution in [0.5, 0.6) is 0 Å². The van der Waals surface area contributed by atoms with Crippen LogP contribution in [0.1, 0.15) is 9.67 Å². The topological polar surface area (TPSA) is 83.0 Å². The summed E-state index contributed by atoms with van der Waals surface area (Å²) < 4.78 is 6.61. The van der Waals surface area contributed by atoms with Crippen molar-refractivity contribution in [2.45, 2.75) is 0 Å². The summed E-state index contributed by atoms with van der Waals surface area (Å²) in [6, 6.07) is 3.57. The van der Waals surface area contributed by atoms with Crippen molar-refractivity contribution in [3.05, 3.63) is 47.3 Å². The molecule has 2 N–H and O–H groups in total. The molecule has 106 valence electrons. The van der Waals surface area contributed by atoms with Gasteiger partial charge in [-0.2, -0.15) is 0 Å². The minimum absolute atomic E-state index is 0.376. The van der Waals surface area contributed by atoms with Gasteiger partial charge in [0, 0.05) is 23.6 Å². The Morgan fingerprint density at radius 1 is 1.33 bits per heavy atom. The number of carbonyl (C=O) groups excluding carboxylic acids is 1. The summed E-state index contributed by atoms with van der Waals surface area (Å²) in [6.45, 7) is 0. The van der Waals surface area contributed by atoms with Crippen LogP contribution in [0, 0.1) is 0 Å². The first-order valence-electron chi connectivity index (χ1n) is 6.10. The number of ether oxygens (including phenoxy) is 1. The zero-order valence-electron chi connectivity index (χ0n) is 11.2. The van der Waals surface area contributed by atoms with Gasteiger partial charge >= 0.3 is 5.97 Å². The number of carbonyl (C=O) groups is 1. The lowest BCUT2D eigenvalue weighted by molar-refractivity contribution is 0.0606. The van der Waals surface area contributed by atoms with Gasteiger partial charge in [-0.25, -0.2) is 9.78 Å². The van der Waals surface area contributed by atoms with E-state index in [4.69, 9.17) is 10.5 Å². The second kappa shape index (κ2) is 5.37. The molecule has 0 aromatic carbocycles. The van der Waals surface area contributed by atoms with Gasteiger partial charge in [-0.05, 0) is 17.5 Å². The van der Waals surface area contributed by atoms with Crippen molar-refractivity contribution in [3.63, 3.8) is 0 Å². The molecule has 0 aliphatic heterocycles. The van der Waals surface area contributed by atoms with E-state index < -0.39 is 0 Å². The van der Waals surface area contributed by atoms with E-state index in [1.807, 2.05) is 11.4 Å². The van der Waals surface area contributed by atoms with E-state index in [2.05, 4.69) is 9.97 Å². The number of thiophene rings is 1. The number of esters is 1. The molecule has 0 aliphatic rings. The van der Waals surface area contributed by atoms with Crippen LogP contribution < -0.4 is 5.73 Å². The number of imidazole rings is 1. The monoisotopic (exact) mass is 300 g/mol. The number of nitrogens with two attached hydrogens (primary N) is 1. The van der Waals surface area contributed by atoms with Crippen LogP contribution in [0.2, 0.25) is 0 Å². The summed E-state index contributed by atoms with van der Waals surface area (Å²) in [5, 5.41) is 1.83. The summed E-state index contributed by atoms with van der Waals surface area (Å²) in [5.41, 5.74) is 8.83. The molecule has 0 amide bonds. The van der Waals surface area contributed by atoms with E-state index in [0.717, 1.165) is 11.3 Å². The molecule has 0 saturated carbocycles. The number of aromatic nitrogens is 3. The first kappa shape index (κ1) is 13.3. The molecule has 0 bridgehead atoms. The van der Waals surface area contributed by atoms with Crippen molar-refractivity contribution in [2.24, 2.45) is 0 Å². The van der Waals surface area contributed by atoms with Crippen molar-refractivity contribution in [1.82, 2.24) is 14.5 Å². The first-order chi connectivity index (χ1) is 10.2. The molecule has 0 aliphatic carbocycles. The Bertz CT molecular complexity index is 794. The van der Waals surface area contributed by atoms with Crippen LogP contribution in [0.3, 0.4) is 0 Å². The quantitative estimate of drug-likeness (QED) is 0.751. The van der Waals surface area contributed by atoms with E-state index in [1.54, 1.807) is 35.6 Å². The molecule has 6 nitrogen and oxygen atoms in total. The summed E-state index contributed by atoms with van der Waals surface area (Å²) in [5.74, 6) is -0.376. The number of pyridine rings is 1. The number of anilines is 1. The minimum atomic E-state index is -0.376. The zero-order valence-corrected chi connectivity index (χ0v) is 12.0. The molecule has 21 heavy (non-hydrogen) atoms. The molecule has 0 atom stereocenters. The maximum atomic E-state index is 11.8. The van der Waals surface area contributed by atoms with E-state index in [0.29, 0.717) is 16.3 Å². The van der Waals surface area contributed by atoms with Crippen LogP contribution in [0.4, 0.5) is 5.69 Å². The Hall–Kier alpha value is -2.67. The Kier molecular flexibility index (Phi) is 3.41. The van der Waals surface area contributed by atoms with Crippen LogP contribution in [-0.4, -0.2) is 27.6 Å². The van der Waals surface area contributed by atoms with Gasteiger partial charge in [0.05, 0.1) is 31.0 Å². The molecule has 7 heteroatoms. The average molecular weight is 300 g/mol. The van der Waals surface area contributed by atoms with Crippen molar-refractivity contribution in [2.75, 3.05) is 12.8 Å². The summed E-state index contributed by atoms with van der Waals surface area (Å²) in [7, 11) is 1.36. The highest BCUT2D eigenvalue weighted by molar-refractivity contribution is 7.12. The summed E-state index contributed by atoms with van der Waals surface area (Å²) >= 11 is 1.32. The molecular formula is C14H12N4O2S. The number of nitrogen functional groups attached to an aromatic ring is 1. The molecule has 0 spiro atoms. The van der Waals surface area contributed by atoms with Crippen molar-refractivity contribution in [1.29, 1.82) is 0 Å². The fourth-order valence-corrected chi connectivity index (χ4v) is 2.84. The minimum Gasteiger partial charge on any atom is -0.465 e. The molecule has 0 radical (unpaired) electrons. The highest BCUT2D eigenvalue weighted by atomic mass is 32.1. The second-order valence-corrected chi connectivity index (χ2v) is 5.15. The van der Waals surface area contributed by atoms with Crippen molar-refractivity contribution < 1.29 is 9.53 Å². The predicted molar refractivity (Wildman–Crippen MR) is 80.4 cm³/mol. The van der Waals surface area contributed by atoms with Crippen LogP contribution in [-0.2, 0) is 4.74 Å². The lowest BCUT2D eigenvalue weighted by atomic mass is 10.2. The van der Waals surface area contributed by atoms with Gasteiger partial charge in [0.15, 0.2) is 0 Å². The average Bonchev–Trinajstić information content (AvgIpc) is 3.15. The molecule has 3 rings (SSSR count).